The second-order valence-electron chi connectivity index (χ2n) is 3.60. The fourth-order valence-corrected chi connectivity index (χ4v) is 1.79. The maximum atomic E-state index is 11.2. The molecule has 0 bridgehead atoms. The van der Waals surface area contributed by atoms with E-state index >= 15 is 0 Å². The Bertz CT molecular complexity index is 411. The lowest BCUT2D eigenvalue weighted by atomic mass is 9.91. The largest absolute Gasteiger partial charge is 0.273 e. The number of carbonyl (C=O) groups excluding carboxylic acids is 1. The topological polar surface area (TPSA) is 41.5 Å². The van der Waals surface area contributed by atoms with Crippen LogP contribution in [0.25, 0.3) is 0 Å². The Morgan fingerprint density at radius 1 is 1.40 bits per heavy atom. The quantitative estimate of drug-likeness (QED) is 0.779. The summed E-state index contributed by atoms with van der Waals surface area (Å²) in [6, 6.07) is 7.53. The Balaban J connectivity index is 2.30. The van der Waals surface area contributed by atoms with Crippen LogP contribution in [0.1, 0.15) is 24.8 Å². The van der Waals surface area contributed by atoms with Crippen LogP contribution in [0.3, 0.4) is 0 Å². The summed E-state index contributed by atoms with van der Waals surface area (Å²) in [4.78, 5) is 11.2. The van der Waals surface area contributed by atoms with Gasteiger partial charge in [-0.05, 0) is 24.6 Å². The second-order valence-corrected chi connectivity index (χ2v) is 4.03. The lowest BCUT2D eigenvalue weighted by Crippen LogP contribution is -2.30. The highest BCUT2D eigenvalue weighted by molar-refractivity contribution is 6.30. The smallest absolute Gasteiger partial charge is 0.241 e. The highest BCUT2D eigenvalue weighted by atomic mass is 35.5. The van der Waals surface area contributed by atoms with E-state index in [-0.39, 0.29) is 11.8 Å². The van der Waals surface area contributed by atoms with Gasteiger partial charge in [0, 0.05) is 23.1 Å². The van der Waals surface area contributed by atoms with Crippen LogP contribution in [0.2, 0.25) is 5.02 Å². The van der Waals surface area contributed by atoms with Crippen molar-refractivity contribution in [3.63, 3.8) is 0 Å². The number of nitrogens with one attached hydrogen (secondary N) is 1. The number of carbonyl (C=O) groups is 1. The highest BCUT2D eigenvalue weighted by Crippen LogP contribution is 2.24. The van der Waals surface area contributed by atoms with Gasteiger partial charge in [-0.25, -0.2) is 5.43 Å². The average molecular weight is 223 g/mol. The molecule has 3 nitrogen and oxygen atoms in total. The molecule has 2 rings (SSSR count). The minimum absolute atomic E-state index is 0.0412. The number of hydrazone groups is 1. The summed E-state index contributed by atoms with van der Waals surface area (Å²) < 4.78 is 0. The average Bonchev–Trinajstić information content (AvgIpc) is 2.23. The van der Waals surface area contributed by atoms with Crippen molar-refractivity contribution in [1.29, 1.82) is 0 Å². The van der Waals surface area contributed by atoms with Crippen molar-refractivity contribution in [2.75, 3.05) is 0 Å². The molecule has 4 heteroatoms. The summed E-state index contributed by atoms with van der Waals surface area (Å²) in [5.74, 6) is 0.0385. The fourth-order valence-electron chi connectivity index (χ4n) is 1.66. The molecule has 1 unspecified atom stereocenters. The molecule has 1 aliphatic heterocycles. The van der Waals surface area contributed by atoms with E-state index in [0.29, 0.717) is 11.4 Å². The third-order valence-electron chi connectivity index (χ3n) is 2.52. The summed E-state index contributed by atoms with van der Waals surface area (Å²) in [6.07, 6.45) is 0.455. The van der Waals surface area contributed by atoms with Crippen molar-refractivity contribution in [2.24, 2.45) is 5.10 Å². The number of benzene rings is 1. The molecule has 0 aliphatic carbocycles. The zero-order chi connectivity index (χ0) is 10.8. The third kappa shape index (κ3) is 2.18. The molecule has 1 aromatic rings. The van der Waals surface area contributed by atoms with Crippen LogP contribution in [0, 0.1) is 0 Å². The van der Waals surface area contributed by atoms with Gasteiger partial charge < -0.3 is 0 Å². The predicted octanol–water partition coefficient (Wildman–Crippen LogP) is 2.32. The summed E-state index contributed by atoms with van der Waals surface area (Å²) in [6.45, 7) is 1.92. The Morgan fingerprint density at radius 3 is 2.73 bits per heavy atom. The molecule has 1 N–H and O–H groups in total. The van der Waals surface area contributed by atoms with Crippen molar-refractivity contribution in [3.05, 3.63) is 34.9 Å². The summed E-state index contributed by atoms with van der Waals surface area (Å²) in [5.41, 5.74) is 4.47. The Kier molecular flexibility index (Phi) is 2.73. The van der Waals surface area contributed by atoms with E-state index in [0.717, 1.165) is 11.3 Å². The van der Waals surface area contributed by atoms with Crippen molar-refractivity contribution < 1.29 is 4.79 Å². The molecule has 0 fully saturated rings. The summed E-state index contributed by atoms with van der Waals surface area (Å²) >= 11 is 5.81. The van der Waals surface area contributed by atoms with Crippen molar-refractivity contribution in [1.82, 2.24) is 5.43 Å². The molecule has 1 heterocycles. The second kappa shape index (κ2) is 4.03. The van der Waals surface area contributed by atoms with E-state index in [1.807, 2.05) is 31.2 Å². The zero-order valence-electron chi connectivity index (χ0n) is 8.33. The molecule has 0 saturated carbocycles. The monoisotopic (exact) mass is 222 g/mol. The molecule has 1 aromatic carbocycles. The number of halogens is 1. The maximum absolute atomic E-state index is 11.2. The van der Waals surface area contributed by atoms with Gasteiger partial charge in [0.05, 0.1) is 0 Å². The van der Waals surface area contributed by atoms with Gasteiger partial charge in [0.15, 0.2) is 0 Å². The first-order valence-corrected chi connectivity index (χ1v) is 5.13. The Hall–Kier alpha value is -1.35. The molecular formula is C11H11ClN2O. The summed E-state index contributed by atoms with van der Waals surface area (Å²) in [7, 11) is 0. The first-order chi connectivity index (χ1) is 7.16. The number of nitrogens with zero attached hydrogens (tertiary/aromatic N) is 1. The molecule has 0 saturated heterocycles. The molecule has 78 valence electrons. The summed E-state index contributed by atoms with van der Waals surface area (Å²) in [5, 5.41) is 4.68. The highest BCUT2D eigenvalue weighted by Gasteiger charge is 2.22. The minimum Gasteiger partial charge on any atom is -0.273 e. The normalized spacial score (nSPS) is 20.8. The van der Waals surface area contributed by atoms with Crippen LogP contribution < -0.4 is 5.43 Å². The lowest BCUT2D eigenvalue weighted by Gasteiger charge is -2.20. The van der Waals surface area contributed by atoms with E-state index in [1.165, 1.54) is 0 Å². The molecule has 0 aromatic heterocycles. The van der Waals surface area contributed by atoms with Crippen molar-refractivity contribution >= 4 is 23.2 Å². The fraction of sp³-hybridized carbons (Fsp3) is 0.273. The van der Waals surface area contributed by atoms with Crippen LogP contribution >= 0.6 is 11.6 Å². The van der Waals surface area contributed by atoms with E-state index in [4.69, 9.17) is 11.6 Å². The van der Waals surface area contributed by atoms with Gasteiger partial charge in [0.25, 0.3) is 0 Å². The van der Waals surface area contributed by atoms with E-state index in [1.54, 1.807) is 0 Å². The number of hydrogen-bond donors (Lipinski definition) is 1. The van der Waals surface area contributed by atoms with Crippen LogP contribution in [-0.2, 0) is 4.79 Å². The zero-order valence-corrected chi connectivity index (χ0v) is 9.08. The number of hydrogen-bond acceptors (Lipinski definition) is 2. The van der Waals surface area contributed by atoms with Gasteiger partial charge in [-0.3, -0.25) is 4.79 Å². The van der Waals surface area contributed by atoms with Crippen molar-refractivity contribution in [3.8, 4) is 0 Å². The number of rotatable bonds is 1. The van der Waals surface area contributed by atoms with Gasteiger partial charge >= 0.3 is 0 Å². The van der Waals surface area contributed by atoms with Gasteiger partial charge in [-0.2, -0.15) is 5.10 Å². The SMILES string of the molecule is CC1=NNC(=O)CC1c1ccc(Cl)cc1. The van der Waals surface area contributed by atoms with Crippen LogP contribution in [0.5, 0.6) is 0 Å². The van der Waals surface area contributed by atoms with E-state index < -0.39 is 0 Å². The molecule has 15 heavy (non-hydrogen) atoms. The van der Waals surface area contributed by atoms with Crippen LogP contribution in [0.15, 0.2) is 29.4 Å². The van der Waals surface area contributed by atoms with Crippen LogP contribution in [0.4, 0.5) is 0 Å². The Labute approximate surface area is 93.1 Å². The number of amides is 1. The molecule has 0 radical (unpaired) electrons. The molecule has 1 atom stereocenters. The maximum Gasteiger partial charge on any atom is 0.241 e. The van der Waals surface area contributed by atoms with E-state index in [9.17, 15) is 4.79 Å². The Morgan fingerprint density at radius 2 is 2.07 bits per heavy atom. The van der Waals surface area contributed by atoms with Gasteiger partial charge in [0.1, 0.15) is 0 Å². The third-order valence-corrected chi connectivity index (χ3v) is 2.78. The molecule has 1 aliphatic rings. The van der Waals surface area contributed by atoms with Crippen LogP contribution in [-0.4, -0.2) is 11.6 Å². The van der Waals surface area contributed by atoms with Gasteiger partial charge in [0.2, 0.25) is 5.91 Å². The van der Waals surface area contributed by atoms with Crippen molar-refractivity contribution in [2.45, 2.75) is 19.3 Å². The first-order valence-electron chi connectivity index (χ1n) is 4.75. The standard InChI is InChI=1S/C11H11ClN2O/c1-7-10(6-11(15)14-13-7)8-2-4-9(12)5-3-8/h2-5,10H,6H2,1H3,(H,14,15). The van der Waals surface area contributed by atoms with E-state index in [2.05, 4.69) is 10.5 Å². The van der Waals surface area contributed by atoms with Gasteiger partial charge in [-0.15, -0.1) is 0 Å². The first kappa shape index (κ1) is 10.2. The predicted molar refractivity (Wildman–Crippen MR) is 60.1 cm³/mol. The molecule has 1 amide bonds. The molecular weight excluding hydrogens is 212 g/mol. The lowest BCUT2D eigenvalue weighted by molar-refractivity contribution is -0.121. The minimum atomic E-state index is -0.0412. The van der Waals surface area contributed by atoms with Gasteiger partial charge in [-0.1, -0.05) is 23.7 Å². The molecule has 0 spiro atoms.